The standard InChI is InChI=1S/C11H16N2O5/c1-16-5-2-6-17-7-8-18-10-9(11(14)15)3-4-12-13-10/h3-4H,2,5-8H2,1H3,(H,14,15). The van der Waals surface area contributed by atoms with E-state index in [4.69, 9.17) is 19.3 Å². The first-order valence-electron chi connectivity index (χ1n) is 5.50. The van der Waals surface area contributed by atoms with Crippen LogP contribution in [0.3, 0.4) is 0 Å². The summed E-state index contributed by atoms with van der Waals surface area (Å²) in [6.45, 7) is 1.81. The molecule has 7 heteroatoms. The highest BCUT2D eigenvalue weighted by Crippen LogP contribution is 2.12. The summed E-state index contributed by atoms with van der Waals surface area (Å²) in [6.07, 6.45) is 2.11. The summed E-state index contributed by atoms with van der Waals surface area (Å²) in [5.41, 5.74) is -0.00983. The number of methoxy groups -OCH3 is 1. The van der Waals surface area contributed by atoms with Gasteiger partial charge in [-0.25, -0.2) is 4.79 Å². The van der Waals surface area contributed by atoms with E-state index in [1.54, 1.807) is 7.11 Å². The number of aromatic carboxylic acids is 1. The number of rotatable bonds is 9. The Morgan fingerprint density at radius 3 is 2.89 bits per heavy atom. The van der Waals surface area contributed by atoms with Crippen LogP contribution >= 0.6 is 0 Å². The Balaban J connectivity index is 2.25. The van der Waals surface area contributed by atoms with Crippen LogP contribution in [0.2, 0.25) is 0 Å². The van der Waals surface area contributed by atoms with Gasteiger partial charge in [-0.3, -0.25) is 0 Å². The number of hydrogen-bond donors (Lipinski definition) is 1. The van der Waals surface area contributed by atoms with E-state index in [1.165, 1.54) is 12.3 Å². The molecular weight excluding hydrogens is 240 g/mol. The predicted molar refractivity (Wildman–Crippen MR) is 61.8 cm³/mol. The van der Waals surface area contributed by atoms with Crippen molar-refractivity contribution in [2.24, 2.45) is 0 Å². The topological polar surface area (TPSA) is 90.8 Å². The second kappa shape index (κ2) is 8.37. The summed E-state index contributed by atoms with van der Waals surface area (Å²) in [6, 6.07) is 1.34. The fourth-order valence-corrected chi connectivity index (χ4v) is 1.19. The Kier molecular flexibility index (Phi) is 6.67. The van der Waals surface area contributed by atoms with E-state index in [1.807, 2.05) is 0 Å². The monoisotopic (exact) mass is 256 g/mol. The van der Waals surface area contributed by atoms with Crippen molar-refractivity contribution in [3.63, 3.8) is 0 Å². The first-order chi connectivity index (χ1) is 8.75. The van der Waals surface area contributed by atoms with E-state index < -0.39 is 5.97 Å². The number of carbonyl (C=O) groups is 1. The first kappa shape index (κ1) is 14.3. The maximum absolute atomic E-state index is 10.8. The molecule has 1 aromatic heterocycles. The van der Waals surface area contributed by atoms with E-state index in [0.29, 0.717) is 19.8 Å². The van der Waals surface area contributed by atoms with Gasteiger partial charge in [0.15, 0.2) is 0 Å². The van der Waals surface area contributed by atoms with Crippen molar-refractivity contribution < 1.29 is 24.1 Å². The molecule has 0 aliphatic carbocycles. The van der Waals surface area contributed by atoms with Crippen molar-refractivity contribution in [3.05, 3.63) is 17.8 Å². The van der Waals surface area contributed by atoms with Gasteiger partial charge in [-0.15, -0.1) is 5.10 Å². The molecule has 0 amide bonds. The molecule has 1 aromatic rings. The van der Waals surface area contributed by atoms with Crippen LogP contribution in [0.4, 0.5) is 0 Å². The fraction of sp³-hybridized carbons (Fsp3) is 0.545. The smallest absolute Gasteiger partial charge is 0.341 e. The Hall–Kier alpha value is -1.73. The van der Waals surface area contributed by atoms with E-state index in [-0.39, 0.29) is 18.1 Å². The Labute approximate surface area is 105 Å². The highest BCUT2D eigenvalue weighted by atomic mass is 16.5. The number of ether oxygens (including phenoxy) is 3. The van der Waals surface area contributed by atoms with Gasteiger partial charge in [-0.05, 0) is 12.5 Å². The van der Waals surface area contributed by atoms with E-state index in [2.05, 4.69) is 10.2 Å². The highest BCUT2D eigenvalue weighted by molar-refractivity contribution is 5.89. The number of aromatic nitrogens is 2. The van der Waals surface area contributed by atoms with Gasteiger partial charge in [0, 0.05) is 20.3 Å². The van der Waals surface area contributed by atoms with Gasteiger partial charge in [0.2, 0.25) is 5.88 Å². The molecule has 0 radical (unpaired) electrons. The molecule has 100 valence electrons. The molecule has 1 heterocycles. The van der Waals surface area contributed by atoms with Crippen molar-refractivity contribution in [3.8, 4) is 5.88 Å². The summed E-state index contributed by atoms with van der Waals surface area (Å²) >= 11 is 0. The van der Waals surface area contributed by atoms with Crippen molar-refractivity contribution in [2.75, 3.05) is 33.5 Å². The van der Waals surface area contributed by atoms with Gasteiger partial charge in [-0.1, -0.05) is 0 Å². The molecule has 0 bridgehead atoms. The number of hydrogen-bond acceptors (Lipinski definition) is 6. The van der Waals surface area contributed by atoms with Crippen LogP contribution < -0.4 is 4.74 Å². The van der Waals surface area contributed by atoms with Gasteiger partial charge in [0.1, 0.15) is 12.2 Å². The maximum atomic E-state index is 10.8. The van der Waals surface area contributed by atoms with Crippen LogP contribution in [0.1, 0.15) is 16.8 Å². The minimum absolute atomic E-state index is 0.00508. The van der Waals surface area contributed by atoms with Crippen LogP contribution in [0, 0.1) is 0 Å². The van der Waals surface area contributed by atoms with Crippen LogP contribution in [-0.4, -0.2) is 54.8 Å². The van der Waals surface area contributed by atoms with Gasteiger partial charge in [-0.2, -0.15) is 5.10 Å². The summed E-state index contributed by atoms with van der Waals surface area (Å²) < 4.78 is 15.3. The van der Waals surface area contributed by atoms with Gasteiger partial charge < -0.3 is 19.3 Å². The molecule has 18 heavy (non-hydrogen) atoms. The molecule has 7 nitrogen and oxygen atoms in total. The van der Waals surface area contributed by atoms with Crippen LogP contribution in [-0.2, 0) is 9.47 Å². The van der Waals surface area contributed by atoms with Crippen molar-refractivity contribution in [1.82, 2.24) is 10.2 Å². The maximum Gasteiger partial charge on any atom is 0.341 e. The van der Waals surface area contributed by atoms with Crippen molar-refractivity contribution in [1.29, 1.82) is 0 Å². The van der Waals surface area contributed by atoms with Gasteiger partial charge in [0.25, 0.3) is 0 Å². The van der Waals surface area contributed by atoms with Crippen molar-refractivity contribution in [2.45, 2.75) is 6.42 Å². The molecule has 0 saturated carbocycles. The SMILES string of the molecule is COCCCOCCOc1nnccc1C(=O)O. The molecular formula is C11H16N2O5. The van der Waals surface area contributed by atoms with Crippen LogP contribution in [0.5, 0.6) is 5.88 Å². The summed E-state index contributed by atoms with van der Waals surface area (Å²) in [7, 11) is 1.63. The molecule has 1 rings (SSSR count). The largest absolute Gasteiger partial charge is 0.477 e. The normalized spacial score (nSPS) is 10.3. The molecule has 0 aliphatic rings. The van der Waals surface area contributed by atoms with E-state index in [9.17, 15) is 4.79 Å². The lowest BCUT2D eigenvalue weighted by Gasteiger charge is -2.07. The van der Waals surface area contributed by atoms with Gasteiger partial charge in [0.05, 0.1) is 12.8 Å². The summed E-state index contributed by atoms with van der Waals surface area (Å²) in [5, 5.41) is 16.1. The lowest BCUT2D eigenvalue weighted by Crippen LogP contribution is -2.12. The zero-order valence-electron chi connectivity index (χ0n) is 10.2. The summed E-state index contributed by atoms with van der Waals surface area (Å²) in [5.74, 6) is -1.09. The third-order valence-corrected chi connectivity index (χ3v) is 2.02. The van der Waals surface area contributed by atoms with Crippen LogP contribution in [0.15, 0.2) is 12.3 Å². The lowest BCUT2D eigenvalue weighted by molar-refractivity contribution is 0.0671. The number of carboxylic acids is 1. The van der Waals surface area contributed by atoms with E-state index >= 15 is 0 Å². The molecule has 0 saturated heterocycles. The third-order valence-electron chi connectivity index (χ3n) is 2.02. The minimum Gasteiger partial charge on any atom is -0.477 e. The Morgan fingerprint density at radius 1 is 1.33 bits per heavy atom. The number of carboxylic acid groups (broad SMARTS) is 1. The average molecular weight is 256 g/mol. The second-order valence-corrected chi connectivity index (χ2v) is 3.36. The molecule has 0 fully saturated rings. The minimum atomic E-state index is -1.10. The lowest BCUT2D eigenvalue weighted by atomic mass is 10.3. The zero-order valence-corrected chi connectivity index (χ0v) is 10.2. The quantitative estimate of drug-likeness (QED) is 0.647. The average Bonchev–Trinajstić information content (AvgIpc) is 2.38. The number of nitrogens with zero attached hydrogens (tertiary/aromatic N) is 2. The van der Waals surface area contributed by atoms with Gasteiger partial charge >= 0.3 is 5.97 Å². The highest BCUT2D eigenvalue weighted by Gasteiger charge is 2.12. The third kappa shape index (κ3) is 5.07. The van der Waals surface area contributed by atoms with E-state index in [0.717, 1.165) is 6.42 Å². The first-order valence-corrected chi connectivity index (χ1v) is 5.50. The molecule has 0 aliphatic heterocycles. The predicted octanol–water partition coefficient (Wildman–Crippen LogP) is 0.607. The molecule has 0 atom stereocenters. The Morgan fingerprint density at radius 2 is 2.17 bits per heavy atom. The second-order valence-electron chi connectivity index (χ2n) is 3.36. The molecule has 0 spiro atoms. The zero-order chi connectivity index (χ0) is 13.2. The molecule has 0 aromatic carbocycles. The fourth-order valence-electron chi connectivity index (χ4n) is 1.19. The molecule has 0 unspecified atom stereocenters. The molecule has 1 N–H and O–H groups in total. The summed E-state index contributed by atoms with van der Waals surface area (Å²) in [4.78, 5) is 10.8. The Bertz CT molecular complexity index is 372. The van der Waals surface area contributed by atoms with Crippen LogP contribution in [0.25, 0.3) is 0 Å². The van der Waals surface area contributed by atoms with Crippen molar-refractivity contribution >= 4 is 5.97 Å².